The molecule has 0 bridgehead atoms. The van der Waals surface area contributed by atoms with Crippen molar-refractivity contribution in [3.05, 3.63) is 29.6 Å². The van der Waals surface area contributed by atoms with Gasteiger partial charge in [-0.3, -0.25) is 4.79 Å². The highest BCUT2D eigenvalue weighted by atomic mass is 19.1. The third-order valence-electron chi connectivity index (χ3n) is 2.84. The number of carbonyl (C=O) groups excluding carboxylic acids is 1. The number of aliphatic hydroxyl groups excluding tert-OH is 1. The molecule has 1 atom stereocenters. The number of amides is 1. The Morgan fingerprint density at radius 1 is 1.56 bits per heavy atom. The van der Waals surface area contributed by atoms with E-state index >= 15 is 0 Å². The van der Waals surface area contributed by atoms with Gasteiger partial charge in [-0.05, 0) is 12.1 Å². The standard InChI is InChI=1S/C12H14FNO4/c13-9-2-1-3-10(16)11(9)12(17)14-4-5-18-8(6-14)7-15/h1-3,8,15-16H,4-7H2. The summed E-state index contributed by atoms with van der Waals surface area (Å²) in [5, 5.41) is 18.5. The van der Waals surface area contributed by atoms with Crippen molar-refractivity contribution in [2.24, 2.45) is 0 Å². The zero-order valence-corrected chi connectivity index (χ0v) is 9.67. The molecule has 1 aliphatic heterocycles. The van der Waals surface area contributed by atoms with E-state index in [0.717, 1.165) is 6.07 Å². The lowest BCUT2D eigenvalue weighted by Gasteiger charge is -2.32. The fourth-order valence-electron chi connectivity index (χ4n) is 1.90. The van der Waals surface area contributed by atoms with Crippen molar-refractivity contribution < 1.29 is 24.1 Å². The van der Waals surface area contributed by atoms with Crippen LogP contribution in [0.15, 0.2) is 18.2 Å². The molecule has 1 saturated heterocycles. The van der Waals surface area contributed by atoms with Gasteiger partial charge in [0.1, 0.15) is 17.1 Å². The summed E-state index contributed by atoms with van der Waals surface area (Å²) >= 11 is 0. The Bertz CT molecular complexity index is 431. The molecular formula is C12H14FNO4. The van der Waals surface area contributed by atoms with Crippen LogP contribution < -0.4 is 0 Å². The van der Waals surface area contributed by atoms with Gasteiger partial charge in [-0.1, -0.05) is 6.07 Å². The molecule has 0 spiro atoms. The van der Waals surface area contributed by atoms with Gasteiger partial charge in [0, 0.05) is 13.1 Å². The average molecular weight is 255 g/mol. The van der Waals surface area contributed by atoms with E-state index in [9.17, 15) is 14.3 Å². The number of hydrogen-bond donors (Lipinski definition) is 2. The molecule has 0 radical (unpaired) electrons. The molecule has 1 fully saturated rings. The maximum absolute atomic E-state index is 13.5. The van der Waals surface area contributed by atoms with Crippen LogP contribution in [0.25, 0.3) is 0 Å². The molecule has 1 aliphatic rings. The Hall–Kier alpha value is -1.66. The second kappa shape index (κ2) is 5.32. The lowest BCUT2D eigenvalue weighted by atomic mass is 10.1. The first-order valence-corrected chi connectivity index (χ1v) is 5.62. The zero-order chi connectivity index (χ0) is 13.1. The highest BCUT2D eigenvalue weighted by molar-refractivity contribution is 5.97. The van der Waals surface area contributed by atoms with E-state index < -0.39 is 17.8 Å². The van der Waals surface area contributed by atoms with Gasteiger partial charge in [0.25, 0.3) is 5.91 Å². The summed E-state index contributed by atoms with van der Waals surface area (Å²) in [4.78, 5) is 13.5. The molecule has 1 unspecified atom stereocenters. The predicted molar refractivity (Wildman–Crippen MR) is 60.8 cm³/mol. The van der Waals surface area contributed by atoms with E-state index in [1.165, 1.54) is 17.0 Å². The molecule has 0 aromatic heterocycles. The predicted octanol–water partition coefficient (Wildman–Crippen LogP) is 0.365. The van der Waals surface area contributed by atoms with Crippen LogP contribution in [-0.2, 0) is 4.74 Å². The molecule has 5 nitrogen and oxygen atoms in total. The van der Waals surface area contributed by atoms with Gasteiger partial charge in [-0.15, -0.1) is 0 Å². The van der Waals surface area contributed by atoms with Crippen molar-refractivity contribution in [1.82, 2.24) is 4.90 Å². The van der Waals surface area contributed by atoms with Crippen molar-refractivity contribution in [3.63, 3.8) is 0 Å². The van der Waals surface area contributed by atoms with Crippen molar-refractivity contribution in [2.75, 3.05) is 26.3 Å². The number of phenols is 1. The lowest BCUT2D eigenvalue weighted by molar-refractivity contribution is -0.0448. The number of phenolic OH excluding ortho intramolecular Hbond substituents is 1. The van der Waals surface area contributed by atoms with Crippen LogP contribution in [0.4, 0.5) is 4.39 Å². The highest BCUT2D eigenvalue weighted by Crippen LogP contribution is 2.22. The van der Waals surface area contributed by atoms with Gasteiger partial charge in [-0.2, -0.15) is 0 Å². The Kier molecular flexibility index (Phi) is 3.78. The van der Waals surface area contributed by atoms with E-state index in [1.54, 1.807) is 0 Å². The number of carbonyl (C=O) groups is 1. The molecule has 18 heavy (non-hydrogen) atoms. The minimum absolute atomic E-state index is 0.184. The summed E-state index contributed by atoms with van der Waals surface area (Å²) in [6, 6.07) is 3.72. The Morgan fingerprint density at radius 3 is 3.00 bits per heavy atom. The molecule has 0 aliphatic carbocycles. The molecule has 6 heteroatoms. The van der Waals surface area contributed by atoms with Gasteiger partial charge in [-0.25, -0.2) is 4.39 Å². The number of benzene rings is 1. The second-order valence-corrected chi connectivity index (χ2v) is 4.06. The maximum Gasteiger partial charge on any atom is 0.260 e. The van der Waals surface area contributed by atoms with Gasteiger partial charge in [0.15, 0.2) is 0 Å². The third kappa shape index (κ3) is 2.44. The SMILES string of the molecule is O=C(c1c(O)cccc1F)N1CCOC(CO)C1. The Balaban J connectivity index is 2.20. The molecule has 1 amide bonds. The van der Waals surface area contributed by atoms with Crippen LogP contribution in [-0.4, -0.2) is 53.4 Å². The van der Waals surface area contributed by atoms with Gasteiger partial charge >= 0.3 is 0 Å². The molecule has 2 rings (SSSR count). The van der Waals surface area contributed by atoms with Crippen molar-refractivity contribution in [2.45, 2.75) is 6.10 Å². The fourth-order valence-corrected chi connectivity index (χ4v) is 1.90. The van der Waals surface area contributed by atoms with Crippen molar-refractivity contribution in [1.29, 1.82) is 0 Å². The Labute approximate surface area is 103 Å². The van der Waals surface area contributed by atoms with Crippen LogP contribution in [0.2, 0.25) is 0 Å². The van der Waals surface area contributed by atoms with E-state index in [1.807, 2.05) is 0 Å². The first-order valence-electron chi connectivity index (χ1n) is 5.62. The number of halogens is 1. The topological polar surface area (TPSA) is 70.0 Å². The molecule has 1 aromatic rings. The summed E-state index contributed by atoms with van der Waals surface area (Å²) in [5.41, 5.74) is -0.337. The molecular weight excluding hydrogens is 241 g/mol. The van der Waals surface area contributed by atoms with Gasteiger partial charge < -0.3 is 19.8 Å². The number of hydrogen-bond acceptors (Lipinski definition) is 4. The lowest BCUT2D eigenvalue weighted by Crippen LogP contribution is -2.47. The summed E-state index contributed by atoms with van der Waals surface area (Å²) in [6.07, 6.45) is -0.461. The second-order valence-electron chi connectivity index (χ2n) is 4.06. The maximum atomic E-state index is 13.5. The van der Waals surface area contributed by atoms with Crippen LogP contribution in [0.1, 0.15) is 10.4 Å². The minimum atomic E-state index is -0.757. The summed E-state index contributed by atoms with van der Waals surface area (Å²) in [6.45, 7) is 0.575. The van der Waals surface area contributed by atoms with E-state index in [-0.39, 0.29) is 31.1 Å². The molecule has 98 valence electrons. The molecule has 1 aromatic carbocycles. The molecule has 2 N–H and O–H groups in total. The zero-order valence-electron chi connectivity index (χ0n) is 9.67. The largest absolute Gasteiger partial charge is 0.507 e. The highest BCUT2D eigenvalue weighted by Gasteiger charge is 2.27. The monoisotopic (exact) mass is 255 g/mol. The van der Waals surface area contributed by atoms with Crippen LogP contribution >= 0.6 is 0 Å². The quantitative estimate of drug-likeness (QED) is 0.800. The van der Waals surface area contributed by atoms with Gasteiger partial charge in [0.2, 0.25) is 0 Å². The first-order chi connectivity index (χ1) is 8.63. The number of aliphatic hydroxyl groups is 1. The summed E-state index contributed by atoms with van der Waals surface area (Å²) in [7, 11) is 0. The fraction of sp³-hybridized carbons (Fsp3) is 0.417. The van der Waals surface area contributed by atoms with Crippen LogP contribution in [0.5, 0.6) is 5.75 Å². The van der Waals surface area contributed by atoms with Gasteiger partial charge in [0.05, 0.1) is 19.3 Å². The minimum Gasteiger partial charge on any atom is -0.507 e. The smallest absolute Gasteiger partial charge is 0.260 e. The van der Waals surface area contributed by atoms with Crippen LogP contribution in [0.3, 0.4) is 0 Å². The van der Waals surface area contributed by atoms with Crippen LogP contribution in [0, 0.1) is 5.82 Å². The third-order valence-corrected chi connectivity index (χ3v) is 2.84. The summed E-state index contributed by atoms with van der Waals surface area (Å²) in [5.74, 6) is -1.73. The first kappa shape index (κ1) is 12.8. The van der Waals surface area contributed by atoms with E-state index in [4.69, 9.17) is 9.84 Å². The molecule has 0 saturated carbocycles. The number of rotatable bonds is 2. The number of morpholine rings is 1. The van der Waals surface area contributed by atoms with E-state index in [2.05, 4.69) is 0 Å². The van der Waals surface area contributed by atoms with Crippen molar-refractivity contribution >= 4 is 5.91 Å². The Morgan fingerprint density at radius 2 is 2.33 bits per heavy atom. The van der Waals surface area contributed by atoms with E-state index in [0.29, 0.717) is 6.54 Å². The number of ether oxygens (including phenoxy) is 1. The average Bonchev–Trinajstić information content (AvgIpc) is 2.38. The molecule has 1 heterocycles. The number of nitrogens with zero attached hydrogens (tertiary/aromatic N) is 1. The normalized spacial score (nSPS) is 19.9. The summed E-state index contributed by atoms with van der Waals surface area (Å²) < 4.78 is 18.8. The van der Waals surface area contributed by atoms with Crippen molar-refractivity contribution in [3.8, 4) is 5.75 Å². The number of aromatic hydroxyl groups is 1.